The van der Waals surface area contributed by atoms with Crippen molar-refractivity contribution in [3.63, 3.8) is 0 Å². The van der Waals surface area contributed by atoms with E-state index in [2.05, 4.69) is 31.3 Å². The monoisotopic (exact) mass is 424 g/mol. The summed E-state index contributed by atoms with van der Waals surface area (Å²) in [5.74, 6) is -0.0810. The van der Waals surface area contributed by atoms with Gasteiger partial charge in [-0.1, -0.05) is 28.1 Å². The van der Waals surface area contributed by atoms with Gasteiger partial charge in [-0.3, -0.25) is 14.5 Å². The topological polar surface area (TPSA) is 59.8 Å². The van der Waals surface area contributed by atoms with Gasteiger partial charge in [-0.2, -0.15) is 5.10 Å². The fraction of sp³-hybridized carbons (Fsp3) is 0.286. The molecular weight excluding hydrogens is 404 g/mol. The van der Waals surface area contributed by atoms with Gasteiger partial charge >= 0.3 is 0 Å². The zero-order valence-corrected chi connectivity index (χ0v) is 17.0. The summed E-state index contributed by atoms with van der Waals surface area (Å²) in [6, 6.07) is 11.8. The number of aromatic nitrogens is 3. The molecular formula is C21H21BrN4O. The van der Waals surface area contributed by atoms with Crippen LogP contribution in [0.3, 0.4) is 0 Å². The summed E-state index contributed by atoms with van der Waals surface area (Å²) >= 11 is 3.49. The highest BCUT2D eigenvalue weighted by atomic mass is 79.9. The van der Waals surface area contributed by atoms with Crippen molar-refractivity contribution in [3.8, 4) is 11.3 Å². The Labute approximate surface area is 167 Å². The van der Waals surface area contributed by atoms with Gasteiger partial charge < -0.3 is 5.32 Å². The van der Waals surface area contributed by atoms with Gasteiger partial charge in [0.2, 0.25) is 0 Å². The fourth-order valence-corrected chi connectivity index (χ4v) is 4.06. The molecule has 0 aliphatic heterocycles. The Hall–Kier alpha value is -2.47. The number of hydrogen-bond donors (Lipinski definition) is 1. The molecule has 138 valence electrons. The molecule has 27 heavy (non-hydrogen) atoms. The van der Waals surface area contributed by atoms with Crippen LogP contribution in [0.5, 0.6) is 0 Å². The van der Waals surface area contributed by atoms with Crippen LogP contribution in [0, 0.1) is 6.92 Å². The Balaban J connectivity index is 1.56. The number of nitrogens with zero attached hydrogens (tertiary/aromatic N) is 3. The molecule has 0 bridgehead atoms. The Bertz CT molecular complexity index is 1010. The van der Waals surface area contributed by atoms with Crippen LogP contribution in [0.4, 0.5) is 0 Å². The van der Waals surface area contributed by atoms with Crippen molar-refractivity contribution in [1.82, 2.24) is 20.1 Å². The van der Waals surface area contributed by atoms with Crippen LogP contribution in [0.1, 0.15) is 46.2 Å². The first-order chi connectivity index (χ1) is 13.0. The summed E-state index contributed by atoms with van der Waals surface area (Å²) in [6.07, 6.45) is 4.96. The second kappa shape index (κ2) is 7.27. The van der Waals surface area contributed by atoms with Crippen molar-refractivity contribution >= 4 is 21.8 Å². The lowest BCUT2D eigenvalue weighted by atomic mass is 9.93. The molecule has 1 N–H and O–H groups in total. The quantitative estimate of drug-likeness (QED) is 0.679. The van der Waals surface area contributed by atoms with Gasteiger partial charge in [0.05, 0.1) is 28.7 Å². The fourth-order valence-electron chi connectivity index (χ4n) is 3.66. The number of fused-ring (bicyclic) bond motifs is 1. The summed E-state index contributed by atoms with van der Waals surface area (Å²) in [5.41, 5.74) is 5.45. The molecule has 1 aliphatic carbocycles. The SMILES string of the molecule is Cc1nc(-c2cccc(Br)c2)ccc1C(=O)N[C@H]1CCCc2nn(C)cc21. The zero-order chi connectivity index (χ0) is 19.0. The second-order valence-electron chi connectivity index (χ2n) is 6.96. The maximum Gasteiger partial charge on any atom is 0.253 e. The molecule has 0 fully saturated rings. The normalized spacial score (nSPS) is 16.0. The van der Waals surface area contributed by atoms with E-state index >= 15 is 0 Å². The summed E-state index contributed by atoms with van der Waals surface area (Å²) in [4.78, 5) is 17.5. The molecule has 1 atom stereocenters. The summed E-state index contributed by atoms with van der Waals surface area (Å²) in [5, 5.41) is 7.67. The van der Waals surface area contributed by atoms with Crippen molar-refractivity contribution in [3.05, 3.63) is 69.6 Å². The lowest BCUT2D eigenvalue weighted by Crippen LogP contribution is -2.31. The van der Waals surface area contributed by atoms with E-state index in [4.69, 9.17) is 0 Å². The van der Waals surface area contributed by atoms with Gasteiger partial charge in [0.25, 0.3) is 5.91 Å². The maximum absolute atomic E-state index is 12.9. The third-order valence-corrected chi connectivity index (χ3v) is 5.47. The highest BCUT2D eigenvalue weighted by molar-refractivity contribution is 9.10. The molecule has 0 spiro atoms. The predicted molar refractivity (Wildman–Crippen MR) is 108 cm³/mol. The van der Waals surface area contributed by atoms with Crippen LogP contribution in [-0.2, 0) is 13.5 Å². The molecule has 6 heteroatoms. The van der Waals surface area contributed by atoms with Crippen molar-refractivity contribution in [2.75, 3.05) is 0 Å². The molecule has 5 nitrogen and oxygen atoms in total. The number of hydrogen-bond acceptors (Lipinski definition) is 3. The third-order valence-electron chi connectivity index (χ3n) is 4.98. The number of benzene rings is 1. The van der Waals surface area contributed by atoms with Crippen LogP contribution in [0.25, 0.3) is 11.3 Å². The number of rotatable bonds is 3. The number of halogens is 1. The van der Waals surface area contributed by atoms with Crippen molar-refractivity contribution in [2.24, 2.45) is 7.05 Å². The van der Waals surface area contributed by atoms with E-state index in [1.807, 2.05) is 61.2 Å². The first-order valence-electron chi connectivity index (χ1n) is 9.08. The first-order valence-corrected chi connectivity index (χ1v) is 9.87. The highest BCUT2D eigenvalue weighted by Gasteiger charge is 2.25. The minimum atomic E-state index is -0.0810. The maximum atomic E-state index is 12.9. The minimum Gasteiger partial charge on any atom is -0.345 e. The number of amides is 1. The minimum absolute atomic E-state index is 0.0131. The summed E-state index contributed by atoms with van der Waals surface area (Å²) in [7, 11) is 1.92. The van der Waals surface area contributed by atoms with Gasteiger partial charge in [-0.25, -0.2) is 0 Å². The lowest BCUT2D eigenvalue weighted by molar-refractivity contribution is 0.0931. The molecule has 0 radical (unpaired) electrons. The zero-order valence-electron chi connectivity index (χ0n) is 15.4. The van der Waals surface area contributed by atoms with Gasteiger partial charge in [0, 0.05) is 28.8 Å². The predicted octanol–water partition coefficient (Wildman–Crippen LogP) is 4.36. The van der Waals surface area contributed by atoms with Crippen LogP contribution >= 0.6 is 15.9 Å². The molecule has 1 aliphatic rings. The largest absolute Gasteiger partial charge is 0.345 e. The van der Waals surface area contributed by atoms with E-state index < -0.39 is 0 Å². The number of pyridine rings is 1. The van der Waals surface area contributed by atoms with E-state index in [0.717, 1.165) is 51.9 Å². The molecule has 2 aromatic heterocycles. The van der Waals surface area contributed by atoms with Crippen molar-refractivity contribution in [2.45, 2.75) is 32.2 Å². The second-order valence-corrected chi connectivity index (χ2v) is 7.88. The van der Waals surface area contributed by atoms with Crippen LogP contribution in [0.2, 0.25) is 0 Å². The lowest BCUT2D eigenvalue weighted by Gasteiger charge is -2.23. The van der Waals surface area contributed by atoms with Crippen LogP contribution in [0.15, 0.2) is 47.1 Å². The summed E-state index contributed by atoms with van der Waals surface area (Å²) in [6.45, 7) is 1.88. The molecule has 0 unspecified atom stereocenters. The number of carbonyl (C=O) groups excluding carboxylic acids is 1. The van der Waals surface area contributed by atoms with Gasteiger partial charge in [-0.05, 0) is 50.5 Å². The Kier molecular flexibility index (Phi) is 4.83. The van der Waals surface area contributed by atoms with E-state index in [-0.39, 0.29) is 11.9 Å². The van der Waals surface area contributed by atoms with E-state index in [1.54, 1.807) is 0 Å². The molecule has 4 rings (SSSR count). The average Bonchev–Trinajstić information content (AvgIpc) is 3.03. The van der Waals surface area contributed by atoms with Crippen molar-refractivity contribution < 1.29 is 4.79 Å². The molecule has 2 heterocycles. The van der Waals surface area contributed by atoms with E-state index in [9.17, 15) is 4.79 Å². The van der Waals surface area contributed by atoms with Gasteiger partial charge in [0.1, 0.15) is 0 Å². The molecule has 0 saturated heterocycles. The van der Waals surface area contributed by atoms with Crippen LogP contribution < -0.4 is 5.32 Å². The van der Waals surface area contributed by atoms with Crippen molar-refractivity contribution in [1.29, 1.82) is 0 Å². The molecule has 3 aromatic rings. The standard InChI is InChI=1S/C21H21BrN4O/c1-13-16(9-10-18(23-13)14-5-3-6-15(22)11-14)21(27)24-19-7-4-8-20-17(19)12-26(2)25-20/h3,5-6,9-12,19H,4,7-8H2,1-2H3,(H,24,27)/t19-/m0/s1. The Morgan fingerprint density at radius 1 is 1.30 bits per heavy atom. The number of carbonyl (C=O) groups is 1. The average molecular weight is 425 g/mol. The third kappa shape index (κ3) is 3.67. The Morgan fingerprint density at radius 3 is 2.93 bits per heavy atom. The van der Waals surface area contributed by atoms with Gasteiger partial charge in [-0.15, -0.1) is 0 Å². The molecule has 1 aromatic carbocycles. The number of aryl methyl sites for hydroxylation is 3. The molecule has 0 saturated carbocycles. The first kappa shape index (κ1) is 17.9. The van der Waals surface area contributed by atoms with E-state index in [1.165, 1.54) is 0 Å². The Morgan fingerprint density at radius 2 is 2.15 bits per heavy atom. The van der Waals surface area contributed by atoms with E-state index in [0.29, 0.717) is 5.56 Å². The smallest absolute Gasteiger partial charge is 0.253 e. The highest BCUT2D eigenvalue weighted by Crippen LogP contribution is 2.29. The van der Waals surface area contributed by atoms with Gasteiger partial charge in [0.15, 0.2) is 0 Å². The summed E-state index contributed by atoms with van der Waals surface area (Å²) < 4.78 is 2.83. The molecule has 1 amide bonds. The number of nitrogens with one attached hydrogen (secondary N) is 1. The van der Waals surface area contributed by atoms with Crippen LogP contribution in [-0.4, -0.2) is 20.7 Å².